The van der Waals surface area contributed by atoms with Crippen molar-refractivity contribution in [3.63, 3.8) is 0 Å². The summed E-state index contributed by atoms with van der Waals surface area (Å²) in [5, 5.41) is 11.4. The van der Waals surface area contributed by atoms with E-state index in [1.165, 1.54) is 5.56 Å². The van der Waals surface area contributed by atoms with Gasteiger partial charge in [0.05, 0.1) is 13.0 Å². The first-order valence-corrected chi connectivity index (χ1v) is 6.80. The summed E-state index contributed by atoms with van der Waals surface area (Å²) in [4.78, 5) is 23.9. The predicted octanol–water partition coefficient (Wildman–Crippen LogP) is 1.98. The summed E-state index contributed by atoms with van der Waals surface area (Å²) >= 11 is 0. The van der Waals surface area contributed by atoms with Gasteiger partial charge in [0.1, 0.15) is 0 Å². The summed E-state index contributed by atoms with van der Waals surface area (Å²) in [5.41, 5.74) is 2.02. The molecule has 0 radical (unpaired) electrons. The van der Waals surface area contributed by atoms with Crippen LogP contribution in [0.1, 0.15) is 25.3 Å². The quantitative estimate of drug-likeness (QED) is 0.763. The van der Waals surface area contributed by atoms with Crippen molar-refractivity contribution < 1.29 is 14.7 Å². The topological polar surface area (TPSA) is 69.6 Å². The van der Waals surface area contributed by atoms with E-state index in [1.807, 2.05) is 24.3 Å². The molecule has 1 aromatic carbocycles. The van der Waals surface area contributed by atoms with Gasteiger partial charge in [0.15, 0.2) is 0 Å². The summed E-state index contributed by atoms with van der Waals surface area (Å²) in [5.74, 6) is -0.995. The minimum absolute atomic E-state index is 0.0372. The number of carboxylic acid groups (broad SMARTS) is 1. The molecule has 0 atom stereocenters. The average molecular weight is 278 g/mol. The molecule has 20 heavy (non-hydrogen) atoms. The maximum Gasteiger partial charge on any atom is 0.304 e. The highest BCUT2D eigenvalue weighted by atomic mass is 16.4. The van der Waals surface area contributed by atoms with Crippen LogP contribution in [0.4, 0.5) is 5.69 Å². The third kappa shape index (κ3) is 6.33. The van der Waals surface area contributed by atoms with Gasteiger partial charge in [-0.05, 0) is 31.2 Å². The largest absolute Gasteiger partial charge is 0.481 e. The van der Waals surface area contributed by atoms with Crippen LogP contribution in [0.15, 0.2) is 24.3 Å². The smallest absolute Gasteiger partial charge is 0.304 e. The lowest BCUT2D eigenvalue weighted by Crippen LogP contribution is -2.31. The minimum Gasteiger partial charge on any atom is -0.481 e. The summed E-state index contributed by atoms with van der Waals surface area (Å²) in [6.45, 7) is 2.67. The number of likely N-dealkylation sites (N-methyl/N-ethyl adjacent to an activating group) is 1. The van der Waals surface area contributed by atoms with Gasteiger partial charge in [-0.1, -0.05) is 25.5 Å². The molecule has 0 spiro atoms. The highest BCUT2D eigenvalue weighted by Gasteiger charge is 2.08. The highest BCUT2D eigenvalue weighted by Crippen LogP contribution is 2.11. The Morgan fingerprint density at radius 3 is 2.45 bits per heavy atom. The second-order valence-electron chi connectivity index (χ2n) is 4.88. The van der Waals surface area contributed by atoms with E-state index in [1.54, 1.807) is 11.9 Å². The van der Waals surface area contributed by atoms with Gasteiger partial charge in [0.2, 0.25) is 5.91 Å². The number of anilines is 1. The summed E-state index contributed by atoms with van der Waals surface area (Å²) in [6, 6.07) is 7.79. The number of hydrogen-bond donors (Lipinski definition) is 2. The van der Waals surface area contributed by atoms with Gasteiger partial charge in [-0.2, -0.15) is 0 Å². The fourth-order valence-electron chi connectivity index (χ4n) is 1.85. The molecule has 110 valence electrons. The van der Waals surface area contributed by atoms with E-state index in [0.29, 0.717) is 6.54 Å². The highest BCUT2D eigenvalue weighted by molar-refractivity contribution is 5.92. The molecule has 2 N–H and O–H groups in total. The molecule has 0 unspecified atom stereocenters. The van der Waals surface area contributed by atoms with Crippen molar-refractivity contribution >= 4 is 17.6 Å². The molecular formula is C15H22N2O3. The Balaban J connectivity index is 2.39. The van der Waals surface area contributed by atoms with E-state index in [9.17, 15) is 9.59 Å². The minimum atomic E-state index is -0.858. The first kappa shape index (κ1) is 16.2. The lowest BCUT2D eigenvalue weighted by Gasteiger charge is -2.15. The molecule has 0 aromatic heterocycles. The number of aryl methyl sites for hydroxylation is 1. The van der Waals surface area contributed by atoms with Crippen molar-refractivity contribution in [2.45, 2.75) is 26.2 Å². The van der Waals surface area contributed by atoms with E-state index < -0.39 is 5.97 Å². The van der Waals surface area contributed by atoms with E-state index in [-0.39, 0.29) is 18.9 Å². The van der Waals surface area contributed by atoms with Gasteiger partial charge >= 0.3 is 5.97 Å². The zero-order valence-electron chi connectivity index (χ0n) is 12.1. The Hall–Kier alpha value is -1.88. The van der Waals surface area contributed by atoms with E-state index in [0.717, 1.165) is 18.5 Å². The Morgan fingerprint density at radius 1 is 1.25 bits per heavy atom. The molecule has 1 amide bonds. The Morgan fingerprint density at radius 2 is 1.90 bits per heavy atom. The van der Waals surface area contributed by atoms with Gasteiger partial charge in [0.25, 0.3) is 0 Å². The molecule has 0 saturated carbocycles. The number of carboxylic acids is 1. The first-order valence-electron chi connectivity index (χ1n) is 6.80. The summed E-state index contributed by atoms with van der Waals surface area (Å²) in [7, 11) is 1.73. The molecule has 5 nitrogen and oxygen atoms in total. The van der Waals surface area contributed by atoms with Crippen molar-refractivity contribution in [3.8, 4) is 0 Å². The van der Waals surface area contributed by atoms with E-state index in [2.05, 4.69) is 12.2 Å². The van der Waals surface area contributed by atoms with Crippen LogP contribution in [0.3, 0.4) is 0 Å². The van der Waals surface area contributed by atoms with Crippen molar-refractivity contribution in [1.82, 2.24) is 4.90 Å². The van der Waals surface area contributed by atoms with Crippen molar-refractivity contribution in [2.24, 2.45) is 0 Å². The number of rotatable bonds is 8. The van der Waals surface area contributed by atoms with Gasteiger partial charge in [-0.3, -0.25) is 14.5 Å². The SMILES string of the molecule is CCCc1ccc(NC(=O)CN(C)CCC(=O)O)cc1. The fourth-order valence-corrected chi connectivity index (χ4v) is 1.85. The van der Waals surface area contributed by atoms with Crippen molar-refractivity contribution in [2.75, 3.05) is 25.5 Å². The van der Waals surface area contributed by atoms with E-state index >= 15 is 0 Å². The van der Waals surface area contributed by atoms with Crippen LogP contribution < -0.4 is 5.32 Å². The summed E-state index contributed by atoms with van der Waals surface area (Å²) in [6.07, 6.45) is 2.17. The Labute approximate surface area is 119 Å². The number of amides is 1. The van der Waals surface area contributed by atoms with Crippen molar-refractivity contribution in [3.05, 3.63) is 29.8 Å². The number of nitrogens with zero attached hydrogens (tertiary/aromatic N) is 1. The first-order chi connectivity index (χ1) is 9.51. The van der Waals surface area contributed by atoms with Gasteiger partial charge in [-0.15, -0.1) is 0 Å². The molecule has 0 fully saturated rings. The maximum atomic E-state index is 11.8. The fraction of sp³-hybridized carbons (Fsp3) is 0.467. The number of aliphatic carboxylic acids is 1. The molecule has 0 aliphatic carbocycles. The Kier molecular flexibility index (Phi) is 6.73. The molecule has 0 aliphatic heterocycles. The van der Waals surface area contributed by atoms with E-state index in [4.69, 9.17) is 5.11 Å². The van der Waals surface area contributed by atoms with Gasteiger partial charge in [0, 0.05) is 12.2 Å². The molecule has 0 bridgehead atoms. The number of carbonyl (C=O) groups excluding carboxylic acids is 1. The molecule has 1 rings (SSSR count). The number of carbonyl (C=O) groups is 2. The van der Waals surface area contributed by atoms with Gasteiger partial charge in [-0.25, -0.2) is 0 Å². The maximum absolute atomic E-state index is 11.8. The summed E-state index contributed by atoms with van der Waals surface area (Å²) < 4.78 is 0. The Bertz CT molecular complexity index is 443. The van der Waals surface area contributed by atoms with Crippen LogP contribution in [-0.4, -0.2) is 42.0 Å². The molecule has 5 heteroatoms. The third-order valence-electron chi connectivity index (χ3n) is 2.90. The predicted molar refractivity (Wildman–Crippen MR) is 78.8 cm³/mol. The lowest BCUT2D eigenvalue weighted by molar-refractivity contribution is -0.137. The molecule has 0 heterocycles. The third-order valence-corrected chi connectivity index (χ3v) is 2.90. The van der Waals surface area contributed by atoms with Crippen LogP contribution in [0.5, 0.6) is 0 Å². The van der Waals surface area contributed by atoms with Gasteiger partial charge < -0.3 is 10.4 Å². The van der Waals surface area contributed by atoms with Crippen molar-refractivity contribution in [1.29, 1.82) is 0 Å². The number of hydrogen-bond acceptors (Lipinski definition) is 3. The number of nitrogens with one attached hydrogen (secondary N) is 1. The van der Waals surface area contributed by atoms with Crippen LogP contribution in [-0.2, 0) is 16.0 Å². The zero-order valence-corrected chi connectivity index (χ0v) is 12.1. The second-order valence-corrected chi connectivity index (χ2v) is 4.88. The molecule has 0 aliphatic rings. The van der Waals surface area contributed by atoms with Crippen LogP contribution >= 0.6 is 0 Å². The number of benzene rings is 1. The molecule has 1 aromatic rings. The zero-order chi connectivity index (χ0) is 15.0. The standard InChI is InChI=1S/C15H22N2O3/c1-3-4-12-5-7-13(8-6-12)16-14(18)11-17(2)10-9-15(19)20/h5-8H,3-4,9-11H2,1-2H3,(H,16,18)(H,19,20). The normalized spacial score (nSPS) is 10.6. The molecule has 0 saturated heterocycles. The monoisotopic (exact) mass is 278 g/mol. The van der Waals surface area contributed by atoms with Crippen LogP contribution in [0.25, 0.3) is 0 Å². The molecular weight excluding hydrogens is 256 g/mol. The second kappa shape index (κ2) is 8.32. The van der Waals surface area contributed by atoms with Crippen LogP contribution in [0.2, 0.25) is 0 Å². The average Bonchev–Trinajstić information content (AvgIpc) is 2.39. The van der Waals surface area contributed by atoms with Crippen LogP contribution in [0, 0.1) is 0 Å². The lowest BCUT2D eigenvalue weighted by atomic mass is 10.1.